The zero-order chi connectivity index (χ0) is 58.5. The van der Waals surface area contributed by atoms with E-state index < -0.39 is 137 Å². The largest absolute Gasteiger partial charge is 0.391 e. The van der Waals surface area contributed by atoms with E-state index >= 15 is 0 Å². The Hall–Kier alpha value is -5.87. The van der Waals surface area contributed by atoms with Crippen molar-refractivity contribution in [3.63, 3.8) is 0 Å². The number of nitrogens with zero attached hydrogens (tertiary/aromatic N) is 3. The Labute approximate surface area is 451 Å². The van der Waals surface area contributed by atoms with Crippen molar-refractivity contribution in [1.29, 1.82) is 0 Å². The lowest BCUT2D eigenvalue weighted by atomic mass is 9.94. The minimum absolute atomic E-state index is 0.0812. The first-order valence-corrected chi connectivity index (χ1v) is 27.1. The predicted molar refractivity (Wildman–Crippen MR) is 287 cm³/mol. The van der Waals surface area contributed by atoms with Crippen LogP contribution in [0.3, 0.4) is 0 Å². The molecule has 1 saturated heterocycles. The van der Waals surface area contributed by atoms with Crippen molar-refractivity contribution in [3.8, 4) is 0 Å². The van der Waals surface area contributed by atoms with Gasteiger partial charge in [0.05, 0.1) is 6.10 Å². The summed E-state index contributed by atoms with van der Waals surface area (Å²) >= 11 is 0. The fraction of sp³-hybridized carbons (Fsp3) is 0.792. The zero-order valence-corrected chi connectivity index (χ0v) is 48.5. The van der Waals surface area contributed by atoms with Crippen LogP contribution >= 0.6 is 0 Å². The highest BCUT2D eigenvalue weighted by atomic mass is 16.3. The molecule has 0 aromatic heterocycles. The Morgan fingerprint density at radius 3 is 1.22 bits per heavy atom. The van der Waals surface area contributed by atoms with E-state index in [1.54, 1.807) is 41.5 Å². The van der Waals surface area contributed by atoms with Crippen LogP contribution in [-0.4, -0.2) is 180 Å². The predicted octanol–water partition coefficient (Wildman–Crippen LogP) is 0.321. The van der Waals surface area contributed by atoms with Crippen LogP contribution in [-0.2, 0) is 52.7 Å². The summed E-state index contributed by atoms with van der Waals surface area (Å²) in [6, 6.07) is -9.13. The van der Waals surface area contributed by atoms with Gasteiger partial charge in [-0.2, -0.15) is 0 Å². The Morgan fingerprint density at radius 1 is 0.447 bits per heavy atom. The van der Waals surface area contributed by atoms with Gasteiger partial charge < -0.3 is 62.3 Å². The maximum absolute atomic E-state index is 14.2. The second kappa shape index (κ2) is 32.7. The van der Waals surface area contributed by atoms with E-state index in [-0.39, 0.29) is 69.5 Å². The highest BCUT2D eigenvalue weighted by molar-refractivity contribution is 5.97. The van der Waals surface area contributed by atoms with Crippen molar-refractivity contribution in [1.82, 2.24) is 57.2 Å². The lowest BCUT2D eigenvalue weighted by Gasteiger charge is -2.35. The van der Waals surface area contributed by atoms with Crippen LogP contribution in [0.2, 0.25) is 0 Å². The van der Waals surface area contributed by atoms with Gasteiger partial charge in [-0.25, -0.2) is 0 Å². The number of hydrogen-bond donors (Lipinski definition) is 9. The lowest BCUT2D eigenvalue weighted by molar-refractivity contribution is -0.145. The smallest absolute Gasteiger partial charge is 0.245 e. The first-order chi connectivity index (χ1) is 35.3. The Morgan fingerprint density at radius 2 is 0.816 bits per heavy atom. The molecule has 0 radical (unpaired) electrons. The molecule has 0 saturated carbocycles. The third-order valence-electron chi connectivity index (χ3n) is 13.8. The number of carbonyl (C=O) groups excluding carboxylic acids is 11. The van der Waals surface area contributed by atoms with Gasteiger partial charge in [0.25, 0.3) is 0 Å². The van der Waals surface area contributed by atoms with E-state index in [4.69, 9.17) is 0 Å². The van der Waals surface area contributed by atoms with E-state index in [0.717, 1.165) is 0 Å². The first-order valence-electron chi connectivity index (χ1n) is 27.1. The number of likely N-dealkylation sites (N-methyl/N-ethyl adjacent to an activating group) is 3. The molecule has 1 heterocycles. The van der Waals surface area contributed by atoms with E-state index in [0.29, 0.717) is 12.8 Å². The van der Waals surface area contributed by atoms with Crippen molar-refractivity contribution in [2.24, 2.45) is 35.5 Å². The van der Waals surface area contributed by atoms with Crippen molar-refractivity contribution < 1.29 is 57.8 Å². The van der Waals surface area contributed by atoms with Crippen LogP contribution in [0.4, 0.5) is 0 Å². The molecule has 1 aliphatic heterocycles. The van der Waals surface area contributed by atoms with Crippen molar-refractivity contribution in [3.05, 3.63) is 0 Å². The standard InChI is InChI=1S/C53H95N11O12/c1-18-32(11)41-53(76)63(16)44(31(9)10)49(72)57-34(13)46(69)54-23-20-38(66)59-37(27-29(5)6)52(75)64(17)45(33(12)19-2)50(73)61-42(35(14)65)47(70)55-24-21-39(67)58-36(26-28(3)4)51(74)62(15)43(30(7)8)48(71)56-25-22-40(68)60-41/h28-37,41-45,65H,18-27H2,1-17H3,(H,54,69)(H,55,70)(H,56,71)(H,57,72)(H,58,67)(H,59,66)(H,60,68)(H,61,73)/t32-,33-,34?,35?,36+,37?,41+,42+,43-,44?,45-/m1/s1. The molecule has 434 valence electrons. The van der Waals surface area contributed by atoms with Crippen LogP contribution < -0.4 is 42.5 Å². The Kier molecular flexibility index (Phi) is 29.3. The first kappa shape index (κ1) is 68.1. The summed E-state index contributed by atoms with van der Waals surface area (Å²) in [5.41, 5.74) is 0. The summed E-state index contributed by atoms with van der Waals surface area (Å²) in [5, 5.41) is 32.2. The zero-order valence-electron chi connectivity index (χ0n) is 48.5. The van der Waals surface area contributed by atoms with Gasteiger partial charge in [-0.1, -0.05) is 95.9 Å². The van der Waals surface area contributed by atoms with Gasteiger partial charge in [0.1, 0.15) is 48.3 Å². The van der Waals surface area contributed by atoms with Crippen LogP contribution in [0.1, 0.15) is 142 Å². The quantitative estimate of drug-likeness (QED) is 0.135. The number of hydrogen-bond acceptors (Lipinski definition) is 12. The van der Waals surface area contributed by atoms with Gasteiger partial charge in [0, 0.05) is 60.0 Å². The van der Waals surface area contributed by atoms with E-state index in [9.17, 15) is 57.8 Å². The van der Waals surface area contributed by atoms with Gasteiger partial charge in [0.15, 0.2) is 0 Å². The molecule has 1 aliphatic rings. The van der Waals surface area contributed by atoms with E-state index in [2.05, 4.69) is 42.5 Å². The Balaban J connectivity index is 3.73. The van der Waals surface area contributed by atoms with E-state index in [1.807, 2.05) is 41.5 Å². The maximum Gasteiger partial charge on any atom is 0.245 e. The molecule has 1 fully saturated rings. The summed E-state index contributed by atoms with van der Waals surface area (Å²) in [7, 11) is 4.30. The van der Waals surface area contributed by atoms with Crippen LogP contribution in [0.15, 0.2) is 0 Å². The molecule has 1 rings (SSSR count). The SMILES string of the molecule is CC[C@@H](C)[C@@H]1NC(=O)CCNC(=O)[C@@H](C(C)C)N(C)C(=O)[C@H](CC(C)C)NC(=O)CCNC(=O)[C@H](C(C)O)NC(=O)[C@@H]([C@H](C)CC)N(C)C(=O)C(CC(C)C)NC(=O)CCNC(=O)C(C)NC(=O)C(C(C)C)N(C)C1=O. The Bertz CT molecular complexity index is 2000. The second-order valence-electron chi connectivity index (χ2n) is 22.1. The molecule has 0 spiro atoms. The molecule has 0 aliphatic carbocycles. The third-order valence-corrected chi connectivity index (χ3v) is 13.8. The van der Waals surface area contributed by atoms with Crippen molar-refractivity contribution in [2.45, 2.75) is 196 Å². The number of amides is 11. The fourth-order valence-corrected chi connectivity index (χ4v) is 9.13. The molecule has 11 atom stereocenters. The minimum Gasteiger partial charge on any atom is -0.391 e. The summed E-state index contributed by atoms with van der Waals surface area (Å²) in [6.45, 7) is 23.7. The van der Waals surface area contributed by atoms with Gasteiger partial charge in [-0.15, -0.1) is 0 Å². The average molecular weight is 1080 g/mol. The summed E-state index contributed by atoms with van der Waals surface area (Å²) < 4.78 is 0. The molecular formula is C53H95N11O12. The molecule has 4 unspecified atom stereocenters. The summed E-state index contributed by atoms with van der Waals surface area (Å²) in [4.78, 5) is 155. The molecule has 11 amide bonds. The normalized spacial score (nSPS) is 26.8. The van der Waals surface area contributed by atoms with Crippen LogP contribution in [0.25, 0.3) is 0 Å². The second-order valence-corrected chi connectivity index (χ2v) is 22.1. The molecule has 23 nitrogen and oxygen atoms in total. The molecule has 0 aromatic carbocycles. The maximum atomic E-state index is 14.2. The van der Waals surface area contributed by atoms with Gasteiger partial charge in [-0.3, -0.25) is 52.7 Å². The average Bonchev–Trinajstić information content (AvgIpc) is 3.32. The van der Waals surface area contributed by atoms with Crippen LogP contribution in [0.5, 0.6) is 0 Å². The third kappa shape index (κ3) is 21.3. The number of rotatable bonds is 11. The van der Waals surface area contributed by atoms with Crippen molar-refractivity contribution >= 4 is 65.0 Å². The molecule has 0 aromatic rings. The number of aliphatic hydroxyl groups is 1. The molecule has 0 bridgehead atoms. The van der Waals surface area contributed by atoms with E-state index in [1.165, 1.54) is 49.7 Å². The van der Waals surface area contributed by atoms with Crippen LogP contribution in [0, 0.1) is 35.5 Å². The number of nitrogens with one attached hydrogen (secondary N) is 8. The van der Waals surface area contributed by atoms with Gasteiger partial charge in [0.2, 0.25) is 65.0 Å². The molecule has 23 heteroatoms. The topological polar surface area (TPSA) is 314 Å². The monoisotopic (exact) mass is 1080 g/mol. The van der Waals surface area contributed by atoms with Crippen molar-refractivity contribution in [2.75, 3.05) is 40.8 Å². The highest BCUT2D eigenvalue weighted by Crippen LogP contribution is 2.20. The summed E-state index contributed by atoms with van der Waals surface area (Å²) in [6.07, 6.45) is -0.935. The fourth-order valence-electron chi connectivity index (χ4n) is 9.13. The van der Waals surface area contributed by atoms with Gasteiger partial charge in [-0.05, 0) is 62.2 Å². The minimum atomic E-state index is -1.51. The molecule has 9 N–H and O–H groups in total. The lowest BCUT2D eigenvalue weighted by Crippen LogP contribution is -2.61. The highest BCUT2D eigenvalue weighted by Gasteiger charge is 2.40. The van der Waals surface area contributed by atoms with Gasteiger partial charge >= 0.3 is 0 Å². The molecule has 76 heavy (non-hydrogen) atoms. The summed E-state index contributed by atoms with van der Waals surface area (Å²) in [5.74, 6) is -8.75. The number of aliphatic hydroxyl groups excluding tert-OH is 1. The molecular weight excluding hydrogens is 983 g/mol. The number of carbonyl (C=O) groups is 11.